The summed E-state index contributed by atoms with van der Waals surface area (Å²) in [7, 11) is 2.14. The third-order valence-electron chi connectivity index (χ3n) is 3.93. The van der Waals surface area contributed by atoms with E-state index in [2.05, 4.69) is 23.8 Å². The minimum atomic E-state index is -0.147. The highest BCUT2D eigenvalue weighted by Crippen LogP contribution is 2.25. The number of rotatable bonds is 3. The molecule has 1 fully saturated rings. The highest BCUT2D eigenvalue weighted by atomic mass is 19.1. The van der Waals surface area contributed by atoms with Gasteiger partial charge < -0.3 is 15.5 Å². The summed E-state index contributed by atoms with van der Waals surface area (Å²) in [5.74, 6) is -0.147. The maximum Gasteiger partial charge on any atom is 0.146 e. The van der Waals surface area contributed by atoms with Crippen LogP contribution in [0, 0.1) is 5.82 Å². The van der Waals surface area contributed by atoms with Crippen LogP contribution in [0.3, 0.4) is 0 Å². The van der Waals surface area contributed by atoms with Crippen molar-refractivity contribution in [2.75, 3.05) is 31.6 Å². The molecule has 1 aromatic carbocycles. The summed E-state index contributed by atoms with van der Waals surface area (Å²) in [5.41, 5.74) is 7.13. The summed E-state index contributed by atoms with van der Waals surface area (Å²) >= 11 is 0. The summed E-state index contributed by atoms with van der Waals surface area (Å²) in [5, 5.41) is 0. The van der Waals surface area contributed by atoms with Gasteiger partial charge in [0.15, 0.2) is 0 Å². The van der Waals surface area contributed by atoms with Gasteiger partial charge in [0.1, 0.15) is 5.82 Å². The molecule has 19 heavy (non-hydrogen) atoms. The Morgan fingerprint density at radius 1 is 1.37 bits per heavy atom. The lowest BCUT2D eigenvalue weighted by molar-refractivity contribution is 0.327. The lowest BCUT2D eigenvalue weighted by Crippen LogP contribution is -2.40. The van der Waals surface area contributed by atoms with Crippen molar-refractivity contribution in [2.24, 2.45) is 5.73 Å². The second kappa shape index (κ2) is 6.35. The van der Waals surface area contributed by atoms with Crippen LogP contribution in [0.2, 0.25) is 0 Å². The van der Waals surface area contributed by atoms with Crippen LogP contribution < -0.4 is 10.6 Å². The van der Waals surface area contributed by atoms with E-state index in [-0.39, 0.29) is 5.82 Å². The molecule has 3 nitrogen and oxygen atoms in total. The largest absolute Gasteiger partial charge is 0.365 e. The predicted octanol–water partition coefficient (Wildman–Crippen LogP) is 2.20. The van der Waals surface area contributed by atoms with Crippen molar-refractivity contribution in [1.29, 1.82) is 0 Å². The number of nitrogens with zero attached hydrogens (tertiary/aromatic N) is 2. The zero-order chi connectivity index (χ0) is 13.8. The molecular weight excluding hydrogens is 241 g/mol. The minimum Gasteiger partial charge on any atom is -0.365 e. The van der Waals surface area contributed by atoms with E-state index in [1.165, 1.54) is 0 Å². The molecule has 2 N–H and O–H groups in total. The summed E-state index contributed by atoms with van der Waals surface area (Å²) < 4.78 is 14.3. The topological polar surface area (TPSA) is 32.5 Å². The van der Waals surface area contributed by atoms with Gasteiger partial charge in [0, 0.05) is 25.7 Å². The second-order valence-corrected chi connectivity index (χ2v) is 5.36. The van der Waals surface area contributed by atoms with Gasteiger partial charge in [0.05, 0.1) is 5.69 Å². The van der Waals surface area contributed by atoms with E-state index in [1.807, 2.05) is 12.1 Å². The first-order valence-electron chi connectivity index (χ1n) is 7.09. The maximum absolute atomic E-state index is 14.3. The molecule has 4 heteroatoms. The van der Waals surface area contributed by atoms with E-state index < -0.39 is 0 Å². The van der Waals surface area contributed by atoms with Gasteiger partial charge in [-0.15, -0.1) is 0 Å². The zero-order valence-corrected chi connectivity index (χ0v) is 11.9. The average molecular weight is 265 g/mol. The molecule has 1 heterocycles. The number of hydrogen-bond acceptors (Lipinski definition) is 3. The fraction of sp³-hybridized carbons (Fsp3) is 0.600. The van der Waals surface area contributed by atoms with Gasteiger partial charge in [-0.1, -0.05) is 13.0 Å². The molecule has 1 aromatic rings. The molecule has 0 amide bonds. The number of halogens is 1. The smallest absolute Gasteiger partial charge is 0.146 e. The van der Waals surface area contributed by atoms with Gasteiger partial charge in [-0.05, 0) is 44.1 Å². The summed E-state index contributed by atoms with van der Waals surface area (Å²) in [6, 6.07) is 5.76. The molecule has 1 aliphatic rings. The summed E-state index contributed by atoms with van der Waals surface area (Å²) in [6.45, 7) is 5.55. The summed E-state index contributed by atoms with van der Waals surface area (Å²) in [6.07, 6.45) is 2.10. The molecular formula is C15H24FN3. The average Bonchev–Trinajstić information content (AvgIpc) is 2.60. The fourth-order valence-electron chi connectivity index (χ4n) is 2.82. The SMILES string of the molecule is CCC1CN(C)CCCN1c1ccc(CN)cc1F. The van der Waals surface area contributed by atoms with Crippen LogP contribution in [-0.2, 0) is 6.54 Å². The van der Waals surface area contributed by atoms with Crippen molar-refractivity contribution in [3.8, 4) is 0 Å². The van der Waals surface area contributed by atoms with Crippen LogP contribution in [0.15, 0.2) is 18.2 Å². The van der Waals surface area contributed by atoms with E-state index in [4.69, 9.17) is 5.73 Å². The van der Waals surface area contributed by atoms with Crippen LogP contribution in [0.5, 0.6) is 0 Å². The van der Waals surface area contributed by atoms with Gasteiger partial charge in [0.2, 0.25) is 0 Å². The van der Waals surface area contributed by atoms with Crippen LogP contribution >= 0.6 is 0 Å². The standard InChI is InChI=1S/C15H24FN3/c1-3-13-11-18(2)7-4-8-19(13)15-6-5-12(10-17)9-14(15)16/h5-6,9,13H,3-4,7-8,10-11,17H2,1-2H3. The van der Waals surface area contributed by atoms with Crippen LogP contribution in [0.1, 0.15) is 25.3 Å². The van der Waals surface area contributed by atoms with E-state index >= 15 is 0 Å². The van der Waals surface area contributed by atoms with E-state index in [1.54, 1.807) is 6.07 Å². The Balaban J connectivity index is 2.27. The van der Waals surface area contributed by atoms with Gasteiger partial charge in [0.25, 0.3) is 0 Å². The predicted molar refractivity (Wildman–Crippen MR) is 77.8 cm³/mol. The highest BCUT2D eigenvalue weighted by Gasteiger charge is 2.24. The van der Waals surface area contributed by atoms with Crippen LogP contribution in [0.4, 0.5) is 10.1 Å². The first-order valence-corrected chi connectivity index (χ1v) is 7.09. The van der Waals surface area contributed by atoms with E-state index in [0.29, 0.717) is 12.6 Å². The Bertz CT molecular complexity index is 422. The molecule has 0 spiro atoms. The number of hydrogen-bond donors (Lipinski definition) is 1. The number of likely N-dealkylation sites (N-methyl/N-ethyl adjacent to an activating group) is 1. The number of anilines is 1. The first-order chi connectivity index (χ1) is 9.15. The first kappa shape index (κ1) is 14.3. The van der Waals surface area contributed by atoms with Crippen molar-refractivity contribution >= 4 is 5.69 Å². The Hall–Kier alpha value is -1.13. The Kier molecular flexibility index (Phi) is 4.77. The molecule has 1 atom stereocenters. The molecule has 1 unspecified atom stereocenters. The molecule has 1 saturated heterocycles. The minimum absolute atomic E-state index is 0.147. The van der Waals surface area contributed by atoms with Crippen molar-refractivity contribution in [3.05, 3.63) is 29.6 Å². The Morgan fingerprint density at radius 2 is 2.16 bits per heavy atom. The van der Waals surface area contributed by atoms with Gasteiger partial charge in [-0.25, -0.2) is 4.39 Å². The number of benzene rings is 1. The Morgan fingerprint density at radius 3 is 2.79 bits per heavy atom. The number of nitrogens with two attached hydrogens (primary N) is 1. The second-order valence-electron chi connectivity index (χ2n) is 5.36. The molecule has 0 aliphatic carbocycles. The molecule has 0 aromatic heterocycles. The normalized spacial score (nSPS) is 21.5. The fourth-order valence-corrected chi connectivity index (χ4v) is 2.82. The monoisotopic (exact) mass is 265 g/mol. The van der Waals surface area contributed by atoms with Gasteiger partial charge >= 0.3 is 0 Å². The maximum atomic E-state index is 14.3. The van der Waals surface area contributed by atoms with E-state index in [0.717, 1.165) is 43.7 Å². The third kappa shape index (κ3) is 3.25. The Labute approximate surface area is 115 Å². The molecule has 0 radical (unpaired) electrons. The van der Waals surface area contributed by atoms with Crippen molar-refractivity contribution in [1.82, 2.24) is 4.90 Å². The highest BCUT2D eigenvalue weighted by molar-refractivity contribution is 5.50. The molecule has 0 saturated carbocycles. The van der Waals surface area contributed by atoms with E-state index in [9.17, 15) is 4.39 Å². The molecule has 1 aliphatic heterocycles. The van der Waals surface area contributed by atoms with Crippen molar-refractivity contribution in [3.63, 3.8) is 0 Å². The third-order valence-corrected chi connectivity index (χ3v) is 3.93. The quantitative estimate of drug-likeness (QED) is 0.909. The lowest BCUT2D eigenvalue weighted by Gasteiger charge is -2.32. The van der Waals surface area contributed by atoms with Crippen LogP contribution in [-0.4, -0.2) is 37.6 Å². The van der Waals surface area contributed by atoms with Crippen LogP contribution in [0.25, 0.3) is 0 Å². The lowest BCUT2D eigenvalue weighted by atomic mass is 10.1. The summed E-state index contributed by atoms with van der Waals surface area (Å²) in [4.78, 5) is 4.56. The molecule has 0 bridgehead atoms. The van der Waals surface area contributed by atoms with Gasteiger partial charge in [-0.2, -0.15) is 0 Å². The molecule has 106 valence electrons. The van der Waals surface area contributed by atoms with Crippen molar-refractivity contribution in [2.45, 2.75) is 32.4 Å². The van der Waals surface area contributed by atoms with Crippen molar-refractivity contribution < 1.29 is 4.39 Å². The molecule has 2 rings (SSSR count). The zero-order valence-electron chi connectivity index (χ0n) is 11.9. The van der Waals surface area contributed by atoms with Gasteiger partial charge in [-0.3, -0.25) is 0 Å².